The van der Waals surface area contributed by atoms with Crippen molar-refractivity contribution in [1.82, 2.24) is 9.55 Å². The van der Waals surface area contributed by atoms with Crippen LogP contribution in [0.5, 0.6) is 0 Å². The fraction of sp³-hybridized carbons (Fsp3) is 0.800. The largest absolute Gasteiger partial charge is 0.382 e. The second kappa shape index (κ2) is 6.53. The van der Waals surface area contributed by atoms with Crippen LogP contribution in [0, 0.1) is 0 Å². The van der Waals surface area contributed by atoms with Crippen LogP contribution in [0.2, 0.25) is 0 Å². The predicted octanol–water partition coefficient (Wildman–Crippen LogP) is 3.07. The number of nitrogens with zero attached hydrogens (tertiary/aromatic N) is 2. The Morgan fingerprint density at radius 2 is 2.05 bits per heavy atom. The van der Waals surface area contributed by atoms with Crippen molar-refractivity contribution in [2.45, 2.75) is 70.1 Å². The number of imidazole rings is 1. The van der Waals surface area contributed by atoms with Crippen molar-refractivity contribution in [3.8, 4) is 0 Å². The van der Waals surface area contributed by atoms with Gasteiger partial charge >= 0.3 is 0 Å². The molecule has 1 N–H and O–H groups in total. The molecule has 1 atom stereocenters. The fourth-order valence-electron chi connectivity index (χ4n) is 3.15. The van der Waals surface area contributed by atoms with Gasteiger partial charge in [0, 0.05) is 26.0 Å². The van der Waals surface area contributed by atoms with Gasteiger partial charge in [-0.2, -0.15) is 0 Å². The van der Waals surface area contributed by atoms with E-state index < -0.39 is 11.7 Å². The van der Waals surface area contributed by atoms with Crippen molar-refractivity contribution in [2.24, 2.45) is 0 Å². The highest BCUT2D eigenvalue weighted by Gasteiger charge is 2.41. The Hall–Kier alpha value is -0.870. The van der Waals surface area contributed by atoms with Gasteiger partial charge in [0.15, 0.2) is 0 Å². The van der Waals surface area contributed by atoms with Gasteiger partial charge in [-0.1, -0.05) is 32.6 Å². The van der Waals surface area contributed by atoms with E-state index in [1.54, 1.807) is 13.3 Å². The average molecular weight is 266 g/mol. The Morgan fingerprint density at radius 1 is 1.37 bits per heavy atom. The summed E-state index contributed by atoms with van der Waals surface area (Å²) in [4.78, 5) is 4.37. The van der Waals surface area contributed by atoms with E-state index in [4.69, 9.17) is 4.74 Å². The van der Waals surface area contributed by atoms with Crippen LogP contribution >= 0.6 is 0 Å². The lowest BCUT2D eigenvalue weighted by Gasteiger charge is -2.36. The fourth-order valence-corrected chi connectivity index (χ4v) is 3.15. The monoisotopic (exact) mass is 266 g/mol. The molecule has 19 heavy (non-hydrogen) atoms. The maximum absolute atomic E-state index is 10.8. The minimum Gasteiger partial charge on any atom is -0.382 e. The molecule has 2 rings (SSSR count). The molecule has 0 spiro atoms. The lowest BCUT2D eigenvalue weighted by atomic mass is 9.87. The third kappa shape index (κ3) is 3.00. The SMILES string of the molecule is CCCn1ccnc1C(O)C1(OC)CCCCCC1. The first-order valence-corrected chi connectivity index (χ1v) is 7.48. The minimum absolute atomic E-state index is 0.451. The summed E-state index contributed by atoms with van der Waals surface area (Å²) in [6.07, 6.45) is 10.7. The zero-order chi connectivity index (χ0) is 13.7. The molecule has 0 aliphatic heterocycles. The number of aliphatic hydroxyl groups is 1. The van der Waals surface area contributed by atoms with Crippen LogP contribution in [0.3, 0.4) is 0 Å². The number of methoxy groups -OCH3 is 1. The lowest BCUT2D eigenvalue weighted by Crippen LogP contribution is -2.39. The van der Waals surface area contributed by atoms with Gasteiger partial charge < -0.3 is 14.4 Å². The molecule has 1 heterocycles. The van der Waals surface area contributed by atoms with Gasteiger partial charge in [0.05, 0.1) is 0 Å². The van der Waals surface area contributed by atoms with E-state index in [2.05, 4.69) is 16.5 Å². The van der Waals surface area contributed by atoms with Gasteiger partial charge in [-0.3, -0.25) is 0 Å². The van der Waals surface area contributed by atoms with E-state index >= 15 is 0 Å². The second-order valence-electron chi connectivity index (χ2n) is 5.56. The maximum Gasteiger partial charge on any atom is 0.141 e. The Morgan fingerprint density at radius 3 is 2.63 bits per heavy atom. The molecule has 0 aromatic carbocycles. The zero-order valence-electron chi connectivity index (χ0n) is 12.1. The van der Waals surface area contributed by atoms with Crippen LogP contribution in [0.1, 0.15) is 63.8 Å². The number of aliphatic hydroxyl groups excluding tert-OH is 1. The zero-order valence-corrected chi connectivity index (χ0v) is 12.1. The number of ether oxygens (including phenoxy) is 1. The molecule has 1 aliphatic carbocycles. The second-order valence-corrected chi connectivity index (χ2v) is 5.56. The van der Waals surface area contributed by atoms with Gasteiger partial charge in [-0.05, 0) is 19.3 Å². The van der Waals surface area contributed by atoms with Crippen molar-refractivity contribution in [1.29, 1.82) is 0 Å². The van der Waals surface area contributed by atoms with Crippen LogP contribution in [0.25, 0.3) is 0 Å². The van der Waals surface area contributed by atoms with E-state index in [1.165, 1.54) is 12.8 Å². The van der Waals surface area contributed by atoms with Gasteiger partial charge in [-0.25, -0.2) is 4.98 Å². The smallest absolute Gasteiger partial charge is 0.141 e. The summed E-state index contributed by atoms with van der Waals surface area (Å²) in [6, 6.07) is 0. The standard InChI is InChI=1S/C15H26N2O2/c1-3-11-17-12-10-16-14(17)13(18)15(19-2)8-6-4-5-7-9-15/h10,12-13,18H,3-9,11H2,1-2H3. The quantitative estimate of drug-likeness (QED) is 0.833. The summed E-state index contributed by atoms with van der Waals surface area (Å²) in [5, 5.41) is 10.8. The van der Waals surface area contributed by atoms with E-state index in [0.717, 1.165) is 44.5 Å². The molecule has 0 bridgehead atoms. The molecule has 0 amide bonds. The van der Waals surface area contributed by atoms with Gasteiger partial charge in [0.2, 0.25) is 0 Å². The summed E-state index contributed by atoms with van der Waals surface area (Å²) in [7, 11) is 1.72. The van der Waals surface area contributed by atoms with Crippen molar-refractivity contribution < 1.29 is 9.84 Å². The molecule has 1 fully saturated rings. The first-order valence-electron chi connectivity index (χ1n) is 7.48. The van der Waals surface area contributed by atoms with Crippen LogP contribution < -0.4 is 0 Å². The highest BCUT2D eigenvalue weighted by Crippen LogP contribution is 2.39. The van der Waals surface area contributed by atoms with Gasteiger partial charge in [0.25, 0.3) is 0 Å². The number of hydrogen-bond acceptors (Lipinski definition) is 3. The summed E-state index contributed by atoms with van der Waals surface area (Å²) in [6.45, 7) is 3.03. The van der Waals surface area contributed by atoms with Gasteiger partial charge in [0.1, 0.15) is 17.5 Å². The first kappa shape index (κ1) is 14.5. The number of rotatable bonds is 5. The Balaban J connectivity index is 2.23. The molecule has 1 aromatic heterocycles. The van der Waals surface area contributed by atoms with Crippen LogP contribution in [-0.2, 0) is 11.3 Å². The molecule has 1 aliphatic rings. The predicted molar refractivity (Wildman–Crippen MR) is 74.9 cm³/mol. The molecule has 1 saturated carbocycles. The molecule has 4 nitrogen and oxygen atoms in total. The Labute approximate surface area is 115 Å². The Bertz CT molecular complexity index is 381. The minimum atomic E-state index is -0.628. The van der Waals surface area contributed by atoms with E-state index in [9.17, 15) is 5.11 Å². The van der Waals surface area contributed by atoms with Crippen LogP contribution in [0.15, 0.2) is 12.4 Å². The highest BCUT2D eigenvalue weighted by molar-refractivity contribution is 5.05. The molecule has 4 heteroatoms. The molecule has 1 aromatic rings. The third-order valence-corrected chi connectivity index (χ3v) is 4.31. The topological polar surface area (TPSA) is 47.3 Å². The molecule has 0 radical (unpaired) electrons. The number of hydrogen-bond donors (Lipinski definition) is 1. The number of aryl methyl sites for hydroxylation is 1. The lowest BCUT2D eigenvalue weighted by molar-refractivity contribution is -0.118. The summed E-state index contributed by atoms with van der Waals surface area (Å²) in [5.41, 5.74) is -0.451. The number of aromatic nitrogens is 2. The van der Waals surface area contributed by atoms with Crippen LogP contribution in [-0.4, -0.2) is 27.4 Å². The van der Waals surface area contributed by atoms with Gasteiger partial charge in [-0.15, -0.1) is 0 Å². The van der Waals surface area contributed by atoms with Crippen molar-refractivity contribution in [3.05, 3.63) is 18.2 Å². The summed E-state index contributed by atoms with van der Waals surface area (Å²) in [5.74, 6) is 0.755. The van der Waals surface area contributed by atoms with Crippen LogP contribution in [0.4, 0.5) is 0 Å². The van der Waals surface area contributed by atoms with E-state index in [0.29, 0.717) is 0 Å². The first-order chi connectivity index (χ1) is 9.23. The summed E-state index contributed by atoms with van der Waals surface area (Å²) >= 11 is 0. The maximum atomic E-state index is 10.8. The molecule has 0 saturated heterocycles. The highest BCUT2D eigenvalue weighted by atomic mass is 16.5. The molecule has 1 unspecified atom stereocenters. The molecule has 108 valence electrons. The summed E-state index contributed by atoms with van der Waals surface area (Å²) < 4.78 is 7.83. The average Bonchev–Trinajstić information content (AvgIpc) is 2.74. The van der Waals surface area contributed by atoms with Crippen molar-refractivity contribution in [3.63, 3.8) is 0 Å². The van der Waals surface area contributed by atoms with E-state index in [1.807, 2.05) is 6.20 Å². The molecular formula is C15H26N2O2. The van der Waals surface area contributed by atoms with Crippen molar-refractivity contribution in [2.75, 3.05) is 7.11 Å². The van der Waals surface area contributed by atoms with E-state index in [-0.39, 0.29) is 0 Å². The van der Waals surface area contributed by atoms with Crippen molar-refractivity contribution >= 4 is 0 Å². The third-order valence-electron chi connectivity index (χ3n) is 4.31. The normalized spacial score (nSPS) is 21.0. The molecular weight excluding hydrogens is 240 g/mol. The Kier molecular flexibility index (Phi) is 4.99.